The molecule has 0 bridgehead atoms. The molecule has 1 saturated heterocycles. The molecule has 0 amide bonds. The van der Waals surface area contributed by atoms with Gasteiger partial charge in [-0.3, -0.25) is 4.90 Å². The first kappa shape index (κ1) is 7.94. The lowest BCUT2D eigenvalue weighted by Crippen LogP contribution is -2.43. The molecule has 0 aliphatic carbocycles. The Kier molecular flexibility index (Phi) is 3.08. The Morgan fingerprint density at radius 1 is 1.50 bits per heavy atom. The van der Waals surface area contributed by atoms with E-state index in [-0.39, 0.29) is 0 Å². The van der Waals surface area contributed by atoms with Crippen LogP contribution in [-0.4, -0.2) is 49.1 Å². The molecule has 0 spiro atoms. The standard InChI is InChI=1S/C6H14N2O2/c7-6(9)5-8-1-3-10-4-2-8/h6,9H,1-5,7H2. The van der Waals surface area contributed by atoms with E-state index in [2.05, 4.69) is 4.90 Å². The summed E-state index contributed by atoms with van der Waals surface area (Å²) < 4.78 is 5.12. The molecule has 0 aromatic carbocycles. The summed E-state index contributed by atoms with van der Waals surface area (Å²) in [6, 6.07) is 0. The predicted molar refractivity (Wildman–Crippen MR) is 37.5 cm³/mol. The van der Waals surface area contributed by atoms with Crippen LogP contribution in [0.15, 0.2) is 0 Å². The van der Waals surface area contributed by atoms with Crippen LogP contribution < -0.4 is 5.73 Å². The quantitative estimate of drug-likeness (QED) is 0.470. The van der Waals surface area contributed by atoms with Gasteiger partial charge in [0.05, 0.1) is 13.2 Å². The van der Waals surface area contributed by atoms with E-state index in [0.29, 0.717) is 6.54 Å². The van der Waals surface area contributed by atoms with E-state index >= 15 is 0 Å². The fraction of sp³-hybridized carbons (Fsp3) is 1.00. The lowest BCUT2D eigenvalue weighted by molar-refractivity contribution is 0.0160. The second-order valence-electron chi connectivity index (χ2n) is 2.48. The summed E-state index contributed by atoms with van der Waals surface area (Å²) in [6.45, 7) is 3.84. The zero-order valence-corrected chi connectivity index (χ0v) is 5.99. The Hall–Kier alpha value is -0.160. The lowest BCUT2D eigenvalue weighted by atomic mass is 10.4. The zero-order chi connectivity index (χ0) is 7.40. The number of hydrogen-bond donors (Lipinski definition) is 2. The minimum Gasteiger partial charge on any atom is -0.379 e. The molecule has 1 aliphatic rings. The van der Waals surface area contributed by atoms with Crippen molar-refractivity contribution in [2.45, 2.75) is 6.23 Å². The van der Waals surface area contributed by atoms with Crippen LogP contribution in [0.25, 0.3) is 0 Å². The number of nitrogens with two attached hydrogens (primary N) is 1. The van der Waals surface area contributed by atoms with Crippen molar-refractivity contribution in [2.24, 2.45) is 5.73 Å². The van der Waals surface area contributed by atoms with Crippen molar-refractivity contribution >= 4 is 0 Å². The molecular formula is C6H14N2O2. The van der Waals surface area contributed by atoms with Gasteiger partial charge in [-0.05, 0) is 0 Å². The van der Waals surface area contributed by atoms with Crippen molar-refractivity contribution in [2.75, 3.05) is 32.8 Å². The number of aliphatic hydroxyl groups excluding tert-OH is 1. The number of nitrogens with zero attached hydrogens (tertiary/aromatic N) is 1. The number of ether oxygens (including phenoxy) is 1. The second kappa shape index (κ2) is 3.88. The molecule has 0 aromatic rings. The molecule has 0 radical (unpaired) electrons. The van der Waals surface area contributed by atoms with E-state index in [1.54, 1.807) is 0 Å². The molecule has 1 fully saturated rings. The van der Waals surface area contributed by atoms with Gasteiger partial charge in [0.15, 0.2) is 0 Å². The predicted octanol–water partition coefficient (Wildman–Crippen LogP) is -1.40. The largest absolute Gasteiger partial charge is 0.379 e. The smallest absolute Gasteiger partial charge is 0.115 e. The van der Waals surface area contributed by atoms with Crippen LogP contribution in [0.1, 0.15) is 0 Å². The van der Waals surface area contributed by atoms with Crippen molar-refractivity contribution in [3.8, 4) is 0 Å². The van der Waals surface area contributed by atoms with Crippen LogP contribution >= 0.6 is 0 Å². The van der Waals surface area contributed by atoms with E-state index < -0.39 is 6.23 Å². The molecule has 0 saturated carbocycles. The maximum absolute atomic E-state index is 8.80. The average molecular weight is 146 g/mol. The summed E-state index contributed by atoms with van der Waals surface area (Å²) in [6.07, 6.45) is -0.710. The zero-order valence-electron chi connectivity index (χ0n) is 5.99. The molecule has 1 unspecified atom stereocenters. The highest BCUT2D eigenvalue weighted by molar-refractivity contribution is 4.63. The van der Waals surface area contributed by atoms with Gasteiger partial charge in [-0.2, -0.15) is 0 Å². The van der Waals surface area contributed by atoms with E-state index in [1.165, 1.54) is 0 Å². The summed E-state index contributed by atoms with van der Waals surface area (Å²) in [5.41, 5.74) is 5.20. The maximum atomic E-state index is 8.80. The first-order chi connectivity index (χ1) is 4.79. The number of rotatable bonds is 2. The summed E-state index contributed by atoms with van der Waals surface area (Å²) in [7, 11) is 0. The van der Waals surface area contributed by atoms with Gasteiger partial charge in [0.1, 0.15) is 6.23 Å². The third kappa shape index (κ3) is 2.62. The van der Waals surface area contributed by atoms with Crippen LogP contribution in [0.5, 0.6) is 0 Å². The fourth-order valence-electron chi connectivity index (χ4n) is 1.05. The topological polar surface area (TPSA) is 58.7 Å². The van der Waals surface area contributed by atoms with Crippen molar-refractivity contribution in [3.63, 3.8) is 0 Å². The number of hydrogen-bond acceptors (Lipinski definition) is 4. The normalized spacial score (nSPS) is 24.6. The monoisotopic (exact) mass is 146 g/mol. The molecule has 4 nitrogen and oxygen atoms in total. The van der Waals surface area contributed by atoms with E-state index in [9.17, 15) is 0 Å². The molecule has 1 rings (SSSR count). The number of β-amino-alcohol motifs (C(OH)–C–C–N with tert-alkyl or cyclic N) is 1. The SMILES string of the molecule is NC(O)CN1CCOCC1. The first-order valence-corrected chi connectivity index (χ1v) is 3.53. The lowest BCUT2D eigenvalue weighted by Gasteiger charge is -2.27. The molecule has 4 heteroatoms. The number of morpholine rings is 1. The minimum absolute atomic E-state index is 0.559. The molecule has 0 aromatic heterocycles. The highest BCUT2D eigenvalue weighted by atomic mass is 16.5. The average Bonchev–Trinajstić information content (AvgIpc) is 1.88. The highest BCUT2D eigenvalue weighted by Crippen LogP contribution is 1.95. The van der Waals surface area contributed by atoms with Gasteiger partial charge in [0, 0.05) is 19.6 Å². The Morgan fingerprint density at radius 2 is 2.10 bits per heavy atom. The fourth-order valence-corrected chi connectivity index (χ4v) is 1.05. The first-order valence-electron chi connectivity index (χ1n) is 3.53. The van der Waals surface area contributed by atoms with Crippen LogP contribution in [0.3, 0.4) is 0 Å². The van der Waals surface area contributed by atoms with Gasteiger partial charge in [0.25, 0.3) is 0 Å². The second-order valence-corrected chi connectivity index (χ2v) is 2.48. The van der Waals surface area contributed by atoms with Crippen LogP contribution in [0.2, 0.25) is 0 Å². The summed E-state index contributed by atoms with van der Waals surface area (Å²) in [5.74, 6) is 0. The van der Waals surface area contributed by atoms with Gasteiger partial charge in [-0.1, -0.05) is 0 Å². The van der Waals surface area contributed by atoms with Gasteiger partial charge in [-0.15, -0.1) is 0 Å². The van der Waals surface area contributed by atoms with Gasteiger partial charge in [-0.25, -0.2) is 0 Å². The van der Waals surface area contributed by atoms with Gasteiger partial charge >= 0.3 is 0 Å². The van der Waals surface area contributed by atoms with Crippen LogP contribution in [0.4, 0.5) is 0 Å². The molecular weight excluding hydrogens is 132 g/mol. The molecule has 1 aliphatic heterocycles. The summed E-state index contributed by atoms with van der Waals surface area (Å²) in [5, 5.41) is 8.80. The Morgan fingerprint density at radius 3 is 2.60 bits per heavy atom. The van der Waals surface area contributed by atoms with Crippen molar-refractivity contribution in [3.05, 3.63) is 0 Å². The van der Waals surface area contributed by atoms with Crippen molar-refractivity contribution in [1.82, 2.24) is 4.90 Å². The van der Waals surface area contributed by atoms with Crippen LogP contribution in [-0.2, 0) is 4.74 Å². The molecule has 1 atom stereocenters. The number of aliphatic hydroxyl groups is 1. The third-order valence-corrected chi connectivity index (χ3v) is 1.55. The minimum atomic E-state index is -0.710. The van der Waals surface area contributed by atoms with E-state index in [4.69, 9.17) is 15.6 Å². The third-order valence-electron chi connectivity index (χ3n) is 1.55. The Balaban J connectivity index is 2.13. The van der Waals surface area contributed by atoms with Crippen molar-refractivity contribution in [1.29, 1.82) is 0 Å². The Labute approximate surface area is 60.6 Å². The summed E-state index contributed by atoms with van der Waals surface area (Å²) >= 11 is 0. The summed E-state index contributed by atoms with van der Waals surface area (Å²) in [4.78, 5) is 2.09. The maximum Gasteiger partial charge on any atom is 0.115 e. The Bertz CT molecular complexity index is 91.7. The molecule has 10 heavy (non-hydrogen) atoms. The van der Waals surface area contributed by atoms with E-state index in [1.807, 2.05) is 0 Å². The highest BCUT2D eigenvalue weighted by Gasteiger charge is 2.11. The van der Waals surface area contributed by atoms with E-state index in [0.717, 1.165) is 26.3 Å². The van der Waals surface area contributed by atoms with Gasteiger partial charge < -0.3 is 15.6 Å². The van der Waals surface area contributed by atoms with Crippen LogP contribution in [0, 0.1) is 0 Å². The molecule has 3 N–H and O–H groups in total. The molecule has 60 valence electrons. The van der Waals surface area contributed by atoms with Crippen molar-refractivity contribution < 1.29 is 9.84 Å². The molecule has 1 heterocycles. The van der Waals surface area contributed by atoms with Gasteiger partial charge in [0.2, 0.25) is 0 Å².